The number of pyridine rings is 1. The molecule has 8 heterocycles. The Morgan fingerprint density at radius 2 is 1.71 bits per heavy atom. The van der Waals surface area contributed by atoms with Crippen molar-refractivity contribution in [3.05, 3.63) is 59.5 Å². The maximum absolute atomic E-state index is 16.9. The molecule has 1 N–H and O–H groups in total. The first-order chi connectivity index (χ1) is 32.9. The van der Waals surface area contributed by atoms with E-state index < -0.39 is 31.2 Å². The fourth-order valence-corrected chi connectivity index (χ4v) is 17.4. The van der Waals surface area contributed by atoms with Gasteiger partial charge in [0.2, 0.25) is 0 Å². The van der Waals surface area contributed by atoms with Gasteiger partial charge >= 0.3 is 6.01 Å². The summed E-state index contributed by atoms with van der Waals surface area (Å²) in [5.41, 5.74) is 8.92. The second-order valence-corrected chi connectivity index (χ2v) is 26.5. The molecule has 3 fully saturated rings. The minimum atomic E-state index is -2.33. The third-order valence-corrected chi connectivity index (χ3v) is 21.7. The van der Waals surface area contributed by atoms with Gasteiger partial charge in [-0.2, -0.15) is 20.2 Å². The van der Waals surface area contributed by atoms with Crippen molar-refractivity contribution in [3.63, 3.8) is 0 Å². The molecule has 3 aliphatic heterocycles. The molecule has 364 valence electrons. The third kappa shape index (κ3) is 7.91. The Bertz CT molecular complexity index is 3150. The van der Waals surface area contributed by atoms with Crippen molar-refractivity contribution in [1.29, 1.82) is 0 Å². The molecule has 3 atom stereocenters. The lowest BCUT2D eigenvalue weighted by atomic mass is 9.95. The molecule has 17 heteroatoms. The van der Waals surface area contributed by atoms with E-state index in [4.69, 9.17) is 39.4 Å². The zero-order valence-electron chi connectivity index (χ0n) is 41.5. The fraction of sp³-hybridized carbons (Fsp3) is 0.519. The average Bonchev–Trinajstić information content (AvgIpc) is 4.08. The molecule has 0 amide bonds. The number of halogens is 2. The van der Waals surface area contributed by atoms with Gasteiger partial charge in [0, 0.05) is 49.9 Å². The van der Waals surface area contributed by atoms with Crippen LogP contribution in [0.5, 0.6) is 11.8 Å². The van der Waals surface area contributed by atoms with Gasteiger partial charge in [-0.25, -0.2) is 18.4 Å². The second-order valence-electron chi connectivity index (χ2n) is 20.9. The normalized spacial score (nSPS) is 21.4. The molecule has 0 spiro atoms. The first kappa shape index (κ1) is 47.0. The summed E-state index contributed by atoms with van der Waals surface area (Å²) in [6.07, 6.45) is 3.12. The maximum atomic E-state index is 16.9. The maximum Gasteiger partial charge on any atom is 0.320 e. The van der Waals surface area contributed by atoms with Gasteiger partial charge in [0.1, 0.15) is 49.5 Å². The molecule has 3 aliphatic rings. The highest BCUT2D eigenvalue weighted by molar-refractivity contribution is 6.90. The molecule has 14 nitrogen and oxygen atoms in total. The molecule has 69 heavy (non-hydrogen) atoms. The lowest BCUT2D eigenvalue weighted by molar-refractivity contribution is -0.0123. The molecular weight excluding hydrogens is 895 g/mol. The second kappa shape index (κ2) is 17.6. The van der Waals surface area contributed by atoms with E-state index in [2.05, 4.69) is 57.9 Å². The van der Waals surface area contributed by atoms with Gasteiger partial charge in [-0.05, 0) is 72.8 Å². The van der Waals surface area contributed by atoms with Crippen molar-refractivity contribution in [2.75, 3.05) is 58.0 Å². The molecule has 0 aliphatic carbocycles. The predicted molar refractivity (Wildman–Crippen MR) is 269 cm³/mol. The molecule has 5 aromatic heterocycles. The number of β-amino-alcohol motifs (C(OH)–C–C–N with tert-alkyl or cyclic N) is 1. The summed E-state index contributed by atoms with van der Waals surface area (Å²) in [7, 11) is 3.15. The molecule has 3 saturated heterocycles. The Labute approximate surface area is 402 Å². The van der Waals surface area contributed by atoms with Gasteiger partial charge in [0.05, 0.1) is 72.6 Å². The molecule has 0 saturated carbocycles. The van der Waals surface area contributed by atoms with E-state index in [1.807, 2.05) is 57.2 Å². The van der Waals surface area contributed by atoms with Gasteiger partial charge in [0.25, 0.3) is 0 Å². The quantitative estimate of drug-likeness (QED) is 0.0986. The van der Waals surface area contributed by atoms with E-state index in [0.717, 1.165) is 41.7 Å². The Balaban J connectivity index is 1.24. The Hall–Kier alpha value is -5.67. The molecule has 0 unspecified atom stereocenters. The van der Waals surface area contributed by atoms with Crippen molar-refractivity contribution in [3.8, 4) is 34.5 Å². The van der Waals surface area contributed by atoms with Crippen molar-refractivity contribution >= 4 is 57.9 Å². The summed E-state index contributed by atoms with van der Waals surface area (Å²) < 4.78 is 55.5. The van der Waals surface area contributed by atoms with Gasteiger partial charge in [0.15, 0.2) is 11.3 Å². The van der Waals surface area contributed by atoms with Crippen LogP contribution in [0.4, 0.5) is 14.6 Å². The third-order valence-electron chi connectivity index (χ3n) is 15.4. The summed E-state index contributed by atoms with van der Waals surface area (Å²) in [6.45, 7) is 18.4. The van der Waals surface area contributed by atoms with E-state index in [9.17, 15) is 9.50 Å². The first-order valence-corrected chi connectivity index (χ1v) is 26.6. The van der Waals surface area contributed by atoms with Crippen LogP contribution < -0.4 is 14.4 Å². The summed E-state index contributed by atoms with van der Waals surface area (Å²) in [6, 6.07) is 11.2. The number of methoxy groups -OCH3 is 1. The van der Waals surface area contributed by atoms with Crippen molar-refractivity contribution in [2.24, 2.45) is 14.1 Å². The number of aliphatic hydroxyl groups is 1. The summed E-state index contributed by atoms with van der Waals surface area (Å²) in [4.78, 5) is 19.8. The van der Waals surface area contributed by atoms with E-state index in [1.54, 1.807) is 26.3 Å². The molecule has 0 bridgehead atoms. The van der Waals surface area contributed by atoms with E-state index in [1.165, 1.54) is 6.07 Å². The lowest BCUT2D eigenvalue weighted by Gasteiger charge is -2.38. The average molecular weight is 959 g/mol. The topological polar surface area (TPSA) is 134 Å². The SMILES string of the molecule is COc1ccc(Cn2ncc3c(-c4nn(C)c5c6c(N7CCOC[C@@](C)(O)C7)nc(OC[C@@]78CCCN7C[C@H](F)C8)nc6n(C)c45)c4c(C#C[Si](C(C)C)(C(C)C)C(C)C)c(F)ccc4nc32)cc1. The van der Waals surface area contributed by atoms with Crippen molar-refractivity contribution in [2.45, 2.75) is 108 Å². The number of fused-ring (bicyclic) bond motifs is 6. The van der Waals surface area contributed by atoms with Crippen LogP contribution in [-0.2, 0) is 25.4 Å². The Kier molecular flexibility index (Phi) is 12.0. The Morgan fingerprint density at radius 1 is 0.957 bits per heavy atom. The summed E-state index contributed by atoms with van der Waals surface area (Å²) in [5, 5.41) is 23.7. The van der Waals surface area contributed by atoms with Crippen LogP contribution in [-0.4, -0.2) is 128 Å². The van der Waals surface area contributed by atoms with Crippen LogP contribution in [0, 0.1) is 17.3 Å². The van der Waals surface area contributed by atoms with Crippen LogP contribution in [0.2, 0.25) is 16.6 Å². The van der Waals surface area contributed by atoms with Crippen molar-refractivity contribution < 1.29 is 28.1 Å². The zero-order chi connectivity index (χ0) is 48.7. The molecule has 2 aromatic carbocycles. The molecule has 7 aromatic rings. The largest absolute Gasteiger partial charge is 0.497 e. The number of ether oxygens (including phenoxy) is 3. The number of benzene rings is 2. The number of rotatable bonds is 11. The molecule has 10 rings (SSSR count). The van der Waals surface area contributed by atoms with E-state index in [-0.39, 0.29) is 31.3 Å². The van der Waals surface area contributed by atoms with Gasteiger partial charge in [-0.15, -0.1) is 5.54 Å². The number of alkyl halides is 1. The van der Waals surface area contributed by atoms with Crippen LogP contribution in [0.15, 0.2) is 42.6 Å². The van der Waals surface area contributed by atoms with Crippen LogP contribution in [0.3, 0.4) is 0 Å². The molecular formula is C52H64F2N10O4Si. The monoisotopic (exact) mass is 958 g/mol. The summed E-state index contributed by atoms with van der Waals surface area (Å²) >= 11 is 0. The highest BCUT2D eigenvalue weighted by atomic mass is 28.3. The van der Waals surface area contributed by atoms with Gasteiger partial charge in [-0.1, -0.05) is 59.6 Å². The minimum Gasteiger partial charge on any atom is -0.497 e. The number of hydrogen-bond donors (Lipinski definition) is 1. The smallest absolute Gasteiger partial charge is 0.320 e. The van der Waals surface area contributed by atoms with Crippen LogP contribution in [0.25, 0.3) is 55.3 Å². The minimum absolute atomic E-state index is 0.163. The first-order valence-electron chi connectivity index (χ1n) is 24.4. The van der Waals surface area contributed by atoms with E-state index in [0.29, 0.717) is 99.3 Å². The predicted octanol–water partition coefficient (Wildman–Crippen LogP) is 8.73. The zero-order valence-corrected chi connectivity index (χ0v) is 42.5. The number of aryl methyl sites for hydroxylation is 2. The number of aromatic nitrogens is 8. The number of nitrogens with zero attached hydrogens (tertiary/aromatic N) is 10. The highest BCUT2D eigenvalue weighted by Gasteiger charge is 2.49. The van der Waals surface area contributed by atoms with Crippen LogP contribution >= 0.6 is 0 Å². The standard InChI is InChI=1S/C52H64F2N10O4Si/c1-31(2)69(32(3)4,33(5)6)23-18-37-39(54)16-17-40-41(37)42(38-25-55-64(47(38)56-40)26-34-12-14-36(66-10)15-13-34)44-46-45(61(9)59-44)43-48(60(46)8)57-50(58-49(43)62-21-22-67-29-51(7,65)28-62)68-30-52-19-11-20-63(52)27-35(53)24-52/h12-17,25,31-33,35,65H,11,19-22,24,26-30H2,1-10H3/t35-,51+,52+/m1/s1. The number of hydrogen-bond acceptors (Lipinski definition) is 11. The fourth-order valence-electron chi connectivity index (χ4n) is 12.2. The van der Waals surface area contributed by atoms with E-state index >= 15 is 4.39 Å². The Morgan fingerprint density at radius 3 is 2.43 bits per heavy atom. The van der Waals surface area contributed by atoms with Gasteiger partial charge in [-0.3, -0.25) is 9.58 Å². The highest BCUT2D eigenvalue weighted by Crippen LogP contribution is 2.46. The van der Waals surface area contributed by atoms with Crippen molar-refractivity contribution in [1.82, 2.24) is 44.0 Å². The van der Waals surface area contributed by atoms with Crippen LogP contribution in [0.1, 0.15) is 78.9 Å². The van der Waals surface area contributed by atoms with Gasteiger partial charge < -0.3 is 28.8 Å². The summed E-state index contributed by atoms with van der Waals surface area (Å²) in [5.74, 6) is 4.39. The molecule has 0 radical (unpaired) electrons. The number of anilines is 1. The lowest BCUT2D eigenvalue weighted by Crippen LogP contribution is -2.44.